The maximum atomic E-state index is 12.0. The Morgan fingerprint density at radius 2 is 1.96 bits per heavy atom. The number of aromatic nitrogens is 5. The summed E-state index contributed by atoms with van der Waals surface area (Å²) in [5.74, 6) is 1.24. The third-order valence-corrected chi connectivity index (χ3v) is 3.24. The molecule has 3 aromatic heterocycles. The topological polar surface area (TPSA) is 96.5 Å². The maximum absolute atomic E-state index is 12.0. The van der Waals surface area contributed by atoms with Gasteiger partial charge >= 0.3 is 0 Å². The first kappa shape index (κ1) is 14.8. The summed E-state index contributed by atoms with van der Waals surface area (Å²) in [6, 6.07) is 5.52. The fourth-order valence-corrected chi connectivity index (χ4v) is 2.07. The van der Waals surface area contributed by atoms with E-state index in [2.05, 4.69) is 30.2 Å². The van der Waals surface area contributed by atoms with Crippen molar-refractivity contribution in [3.63, 3.8) is 0 Å². The van der Waals surface area contributed by atoms with Crippen LogP contribution in [0.4, 0.5) is 0 Å². The highest BCUT2D eigenvalue weighted by Crippen LogP contribution is 2.09. The molecule has 0 saturated carbocycles. The first-order valence-corrected chi connectivity index (χ1v) is 7.33. The number of hydrogen-bond acceptors (Lipinski definition) is 5. The predicted molar refractivity (Wildman–Crippen MR) is 84.5 cm³/mol. The van der Waals surface area contributed by atoms with E-state index in [1.54, 1.807) is 18.6 Å². The molecule has 7 nitrogen and oxygen atoms in total. The summed E-state index contributed by atoms with van der Waals surface area (Å²) in [6.07, 6.45) is 9.81. The van der Waals surface area contributed by atoms with Crippen LogP contribution in [0.15, 0.2) is 49.2 Å². The van der Waals surface area contributed by atoms with Crippen LogP contribution < -0.4 is 5.32 Å². The molecule has 3 rings (SSSR count). The van der Waals surface area contributed by atoms with Crippen molar-refractivity contribution in [3.05, 3.63) is 60.6 Å². The van der Waals surface area contributed by atoms with Crippen molar-refractivity contribution in [3.8, 4) is 11.5 Å². The number of pyridine rings is 1. The molecule has 0 radical (unpaired) electrons. The fourth-order valence-electron chi connectivity index (χ4n) is 2.07. The Morgan fingerprint density at radius 3 is 2.65 bits per heavy atom. The van der Waals surface area contributed by atoms with Gasteiger partial charge in [0, 0.05) is 43.9 Å². The van der Waals surface area contributed by atoms with Gasteiger partial charge in [0.2, 0.25) is 0 Å². The van der Waals surface area contributed by atoms with Crippen molar-refractivity contribution >= 4 is 5.91 Å². The van der Waals surface area contributed by atoms with E-state index in [0.29, 0.717) is 23.6 Å². The summed E-state index contributed by atoms with van der Waals surface area (Å²) in [4.78, 5) is 31.7. The van der Waals surface area contributed by atoms with Crippen molar-refractivity contribution in [2.24, 2.45) is 0 Å². The lowest BCUT2D eigenvalue weighted by Gasteiger charge is -2.05. The second kappa shape index (κ2) is 7.26. The number of amides is 1. The number of aromatic amines is 1. The first-order valence-electron chi connectivity index (χ1n) is 7.33. The van der Waals surface area contributed by atoms with Crippen molar-refractivity contribution in [1.29, 1.82) is 0 Å². The number of imidazole rings is 1. The zero-order valence-corrected chi connectivity index (χ0v) is 12.4. The summed E-state index contributed by atoms with van der Waals surface area (Å²) in [7, 11) is 0. The normalized spacial score (nSPS) is 10.4. The fraction of sp³-hybridized carbons (Fsp3) is 0.188. The molecule has 3 aromatic rings. The Kier molecular flexibility index (Phi) is 4.68. The smallest absolute Gasteiger partial charge is 0.254 e. The first-order chi connectivity index (χ1) is 11.3. The Hall–Kier alpha value is -3.09. The van der Waals surface area contributed by atoms with Gasteiger partial charge in [-0.2, -0.15) is 0 Å². The predicted octanol–water partition coefficient (Wildman–Crippen LogP) is 1.62. The van der Waals surface area contributed by atoms with E-state index in [9.17, 15) is 4.79 Å². The van der Waals surface area contributed by atoms with Gasteiger partial charge in [-0.25, -0.2) is 15.0 Å². The van der Waals surface area contributed by atoms with Gasteiger partial charge in [0.25, 0.3) is 5.91 Å². The van der Waals surface area contributed by atoms with Crippen LogP contribution in [0.25, 0.3) is 11.5 Å². The van der Waals surface area contributed by atoms with Crippen LogP contribution in [0.3, 0.4) is 0 Å². The van der Waals surface area contributed by atoms with E-state index in [1.807, 2.05) is 18.2 Å². The van der Waals surface area contributed by atoms with Gasteiger partial charge in [0.15, 0.2) is 5.82 Å². The lowest BCUT2D eigenvalue weighted by Crippen LogP contribution is -2.25. The zero-order chi connectivity index (χ0) is 15.9. The molecule has 0 fully saturated rings. The summed E-state index contributed by atoms with van der Waals surface area (Å²) in [5, 5.41) is 2.84. The van der Waals surface area contributed by atoms with E-state index in [1.165, 1.54) is 12.4 Å². The van der Waals surface area contributed by atoms with Gasteiger partial charge in [-0.3, -0.25) is 9.78 Å². The number of nitrogens with one attached hydrogen (secondary N) is 2. The van der Waals surface area contributed by atoms with Crippen LogP contribution in [-0.4, -0.2) is 37.4 Å². The largest absolute Gasteiger partial charge is 0.352 e. The van der Waals surface area contributed by atoms with Crippen LogP contribution in [0.1, 0.15) is 22.6 Å². The number of carbonyl (C=O) groups is 1. The third kappa shape index (κ3) is 3.97. The minimum Gasteiger partial charge on any atom is -0.352 e. The molecule has 0 saturated heterocycles. The maximum Gasteiger partial charge on any atom is 0.254 e. The Labute approximate surface area is 133 Å². The molecule has 1 amide bonds. The lowest BCUT2D eigenvalue weighted by molar-refractivity contribution is 0.0952. The summed E-state index contributed by atoms with van der Waals surface area (Å²) < 4.78 is 0. The molecule has 7 heteroatoms. The SMILES string of the molecule is O=C(NCCCc1ncc[nH]1)c1cnc(-c2ccccn2)nc1. The lowest BCUT2D eigenvalue weighted by atomic mass is 10.2. The minimum atomic E-state index is -0.183. The summed E-state index contributed by atoms with van der Waals surface area (Å²) in [5.41, 5.74) is 1.11. The second-order valence-electron chi connectivity index (χ2n) is 4.91. The average Bonchev–Trinajstić information content (AvgIpc) is 3.13. The standard InChI is InChI=1S/C16H16N6O/c23-16(20-7-3-5-14-18-8-9-19-14)12-10-21-15(22-11-12)13-4-1-2-6-17-13/h1-2,4,6,8-11H,3,5,7H2,(H,18,19)(H,20,23). The highest BCUT2D eigenvalue weighted by molar-refractivity contribution is 5.93. The van der Waals surface area contributed by atoms with Crippen molar-refractivity contribution in [2.75, 3.05) is 6.54 Å². The molecule has 0 spiro atoms. The van der Waals surface area contributed by atoms with E-state index < -0.39 is 0 Å². The van der Waals surface area contributed by atoms with Crippen molar-refractivity contribution < 1.29 is 4.79 Å². The van der Waals surface area contributed by atoms with Gasteiger partial charge in [0.05, 0.1) is 5.56 Å². The van der Waals surface area contributed by atoms with Gasteiger partial charge < -0.3 is 10.3 Å². The van der Waals surface area contributed by atoms with E-state index in [4.69, 9.17) is 0 Å². The molecular formula is C16H16N6O. The molecule has 2 N–H and O–H groups in total. The molecule has 23 heavy (non-hydrogen) atoms. The van der Waals surface area contributed by atoms with Crippen molar-refractivity contribution in [2.45, 2.75) is 12.8 Å². The highest BCUT2D eigenvalue weighted by atomic mass is 16.1. The summed E-state index contributed by atoms with van der Waals surface area (Å²) in [6.45, 7) is 0.571. The Balaban J connectivity index is 1.51. The monoisotopic (exact) mass is 308 g/mol. The van der Waals surface area contributed by atoms with Crippen LogP contribution in [0, 0.1) is 0 Å². The zero-order valence-electron chi connectivity index (χ0n) is 12.4. The quantitative estimate of drug-likeness (QED) is 0.675. The molecule has 116 valence electrons. The number of hydrogen-bond donors (Lipinski definition) is 2. The Morgan fingerprint density at radius 1 is 1.09 bits per heavy atom. The van der Waals surface area contributed by atoms with Crippen LogP contribution in [-0.2, 0) is 6.42 Å². The van der Waals surface area contributed by atoms with Gasteiger partial charge in [0.1, 0.15) is 11.5 Å². The molecule has 0 aliphatic carbocycles. The average molecular weight is 308 g/mol. The third-order valence-electron chi connectivity index (χ3n) is 3.24. The van der Waals surface area contributed by atoms with Gasteiger partial charge in [-0.1, -0.05) is 6.07 Å². The van der Waals surface area contributed by atoms with E-state index >= 15 is 0 Å². The molecule has 0 bridgehead atoms. The van der Waals surface area contributed by atoms with Gasteiger partial charge in [-0.05, 0) is 18.6 Å². The number of H-pyrrole nitrogens is 1. The van der Waals surface area contributed by atoms with Crippen LogP contribution >= 0.6 is 0 Å². The Bertz CT molecular complexity index is 740. The molecule has 0 atom stereocenters. The van der Waals surface area contributed by atoms with Crippen LogP contribution in [0.5, 0.6) is 0 Å². The molecule has 0 aromatic carbocycles. The van der Waals surface area contributed by atoms with E-state index in [-0.39, 0.29) is 5.91 Å². The second-order valence-corrected chi connectivity index (χ2v) is 4.91. The van der Waals surface area contributed by atoms with E-state index in [0.717, 1.165) is 18.7 Å². The highest BCUT2D eigenvalue weighted by Gasteiger charge is 2.08. The molecule has 0 aliphatic heterocycles. The molecule has 0 aliphatic rings. The van der Waals surface area contributed by atoms with Crippen LogP contribution in [0.2, 0.25) is 0 Å². The number of nitrogens with zero attached hydrogens (tertiary/aromatic N) is 4. The number of rotatable bonds is 6. The molecule has 3 heterocycles. The van der Waals surface area contributed by atoms with Gasteiger partial charge in [-0.15, -0.1) is 0 Å². The minimum absolute atomic E-state index is 0.183. The van der Waals surface area contributed by atoms with Crippen molar-refractivity contribution in [1.82, 2.24) is 30.2 Å². The molecular weight excluding hydrogens is 292 g/mol. The number of aryl methyl sites for hydroxylation is 1. The number of carbonyl (C=O) groups excluding carboxylic acids is 1. The summed E-state index contributed by atoms with van der Waals surface area (Å²) >= 11 is 0. The molecule has 0 unspecified atom stereocenters.